The third-order valence-corrected chi connectivity index (χ3v) is 7.04. The smallest absolute Gasteiger partial charge is 0.170 e. The van der Waals surface area contributed by atoms with Crippen LogP contribution in [0.3, 0.4) is 0 Å². The molecule has 0 amide bonds. The van der Waals surface area contributed by atoms with Gasteiger partial charge in [-0.05, 0) is 74.1 Å². The van der Waals surface area contributed by atoms with Crippen molar-refractivity contribution in [1.82, 2.24) is 24.7 Å². The van der Waals surface area contributed by atoms with Gasteiger partial charge in [0.1, 0.15) is 5.75 Å². The normalized spacial score (nSPS) is 20.7. The standard InChI is InChI=1S/C27H33N5O2S/c1-2-34-22-11-9-21(10-12-22)31-15-5-8-24(31)26-25(23-7-3-4-13-28-23)29-27(35)32(26)16-6-14-30-17-19-33-20-18-30/h3-5,7-13,15,25-26H,2,6,14,16-20H2,1H3,(H,29,35)/t25-,26-/m1/s1. The van der Waals surface area contributed by atoms with Crippen LogP contribution in [0.4, 0.5) is 0 Å². The van der Waals surface area contributed by atoms with Crippen molar-refractivity contribution in [2.75, 3.05) is 46.0 Å². The minimum absolute atomic E-state index is 0.0246. The maximum absolute atomic E-state index is 5.87. The Bertz CT molecular complexity index is 1100. The van der Waals surface area contributed by atoms with Crippen molar-refractivity contribution in [2.24, 2.45) is 0 Å². The van der Waals surface area contributed by atoms with Gasteiger partial charge in [0, 0.05) is 50.0 Å². The van der Waals surface area contributed by atoms with E-state index >= 15 is 0 Å². The van der Waals surface area contributed by atoms with Gasteiger partial charge in [0.05, 0.1) is 37.6 Å². The number of benzene rings is 1. The second-order valence-corrected chi connectivity index (χ2v) is 9.24. The predicted octanol–water partition coefficient (Wildman–Crippen LogP) is 3.97. The summed E-state index contributed by atoms with van der Waals surface area (Å²) in [7, 11) is 0. The number of nitrogens with zero attached hydrogens (tertiary/aromatic N) is 4. The van der Waals surface area contributed by atoms with E-state index in [1.54, 1.807) is 0 Å². The van der Waals surface area contributed by atoms with Crippen molar-refractivity contribution < 1.29 is 9.47 Å². The average Bonchev–Trinajstić information content (AvgIpc) is 3.50. The number of ether oxygens (including phenoxy) is 2. The van der Waals surface area contributed by atoms with Crippen LogP contribution in [0, 0.1) is 0 Å². The summed E-state index contributed by atoms with van der Waals surface area (Å²) in [5.74, 6) is 0.879. The third-order valence-electron chi connectivity index (χ3n) is 6.68. The predicted molar refractivity (Wildman–Crippen MR) is 141 cm³/mol. The number of rotatable bonds is 9. The lowest BCUT2D eigenvalue weighted by atomic mass is 10.0. The first-order valence-corrected chi connectivity index (χ1v) is 12.8. The molecule has 0 radical (unpaired) electrons. The summed E-state index contributed by atoms with van der Waals surface area (Å²) in [5, 5.41) is 4.36. The van der Waals surface area contributed by atoms with E-state index in [0.717, 1.165) is 68.1 Å². The van der Waals surface area contributed by atoms with Crippen LogP contribution in [0.25, 0.3) is 5.69 Å². The summed E-state index contributed by atoms with van der Waals surface area (Å²) in [5.41, 5.74) is 3.28. The van der Waals surface area contributed by atoms with E-state index in [1.807, 2.05) is 37.4 Å². The first-order valence-electron chi connectivity index (χ1n) is 12.4. The molecule has 7 nitrogen and oxygen atoms in total. The van der Waals surface area contributed by atoms with Crippen molar-refractivity contribution in [2.45, 2.75) is 25.4 Å². The van der Waals surface area contributed by atoms with Gasteiger partial charge in [-0.25, -0.2) is 0 Å². The Balaban J connectivity index is 1.42. The molecule has 0 spiro atoms. The number of hydrogen-bond acceptors (Lipinski definition) is 5. The van der Waals surface area contributed by atoms with E-state index in [2.05, 4.69) is 61.2 Å². The monoisotopic (exact) mass is 491 g/mol. The molecule has 0 bridgehead atoms. The fraction of sp³-hybridized carbons (Fsp3) is 0.407. The van der Waals surface area contributed by atoms with E-state index in [0.29, 0.717) is 6.61 Å². The average molecular weight is 492 g/mol. The molecule has 0 unspecified atom stereocenters. The number of morpholine rings is 1. The molecule has 2 aliphatic rings. The van der Waals surface area contributed by atoms with Gasteiger partial charge in [-0.2, -0.15) is 0 Å². The van der Waals surface area contributed by atoms with Gasteiger partial charge >= 0.3 is 0 Å². The Hall–Kier alpha value is -2.94. The van der Waals surface area contributed by atoms with Crippen LogP contribution >= 0.6 is 12.2 Å². The minimum Gasteiger partial charge on any atom is -0.494 e. The van der Waals surface area contributed by atoms with Gasteiger partial charge < -0.3 is 24.3 Å². The summed E-state index contributed by atoms with van der Waals surface area (Å²) >= 11 is 5.87. The Kier molecular flexibility index (Phi) is 7.61. The highest BCUT2D eigenvalue weighted by Crippen LogP contribution is 2.39. The zero-order valence-corrected chi connectivity index (χ0v) is 21.0. The number of thiocarbonyl (C=S) groups is 1. The van der Waals surface area contributed by atoms with Crippen LogP contribution < -0.4 is 10.1 Å². The van der Waals surface area contributed by atoms with Gasteiger partial charge in [0.15, 0.2) is 5.11 Å². The molecule has 2 atom stereocenters. The SMILES string of the molecule is CCOc1ccc(-n2cccc2[C@@H]2[C@@H](c3ccccn3)NC(=S)N2CCCN2CCOCC2)cc1. The second-order valence-electron chi connectivity index (χ2n) is 8.86. The largest absolute Gasteiger partial charge is 0.494 e. The summed E-state index contributed by atoms with van der Waals surface area (Å²) in [6.07, 6.45) is 5.01. The highest BCUT2D eigenvalue weighted by atomic mass is 32.1. The summed E-state index contributed by atoms with van der Waals surface area (Å²) in [4.78, 5) is 9.50. The minimum atomic E-state index is -0.0246. The maximum Gasteiger partial charge on any atom is 0.170 e. The lowest BCUT2D eigenvalue weighted by molar-refractivity contribution is 0.0365. The molecule has 1 aromatic carbocycles. The van der Waals surface area contributed by atoms with E-state index in [1.165, 1.54) is 5.69 Å². The van der Waals surface area contributed by atoms with Crippen LogP contribution in [0.5, 0.6) is 5.75 Å². The Morgan fingerprint density at radius 3 is 2.63 bits per heavy atom. The molecule has 4 heterocycles. The molecule has 2 aromatic heterocycles. The van der Waals surface area contributed by atoms with Gasteiger partial charge in [-0.3, -0.25) is 9.88 Å². The van der Waals surface area contributed by atoms with Crippen LogP contribution in [0.15, 0.2) is 67.0 Å². The molecule has 2 fully saturated rings. The lowest BCUT2D eigenvalue weighted by Gasteiger charge is -2.31. The zero-order chi connectivity index (χ0) is 24.0. The molecule has 0 aliphatic carbocycles. The van der Waals surface area contributed by atoms with E-state index in [4.69, 9.17) is 21.7 Å². The topological polar surface area (TPSA) is 54.8 Å². The molecule has 3 aromatic rings. The highest BCUT2D eigenvalue weighted by molar-refractivity contribution is 7.80. The quantitative estimate of drug-likeness (QED) is 0.455. The van der Waals surface area contributed by atoms with Crippen molar-refractivity contribution >= 4 is 17.3 Å². The maximum atomic E-state index is 5.87. The molecule has 5 rings (SSSR count). The lowest BCUT2D eigenvalue weighted by Crippen LogP contribution is -2.39. The van der Waals surface area contributed by atoms with Gasteiger partial charge in [0.25, 0.3) is 0 Å². The third kappa shape index (κ3) is 5.34. The van der Waals surface area contributed by atoms with Gasteiger partial charge in [0.2, 0.25) is 0 Å². The number of hydrogen-bond donors (Lipinski definition) is 1. The highest BCUT2D eigenvalue weighted by Gasteiger charge is 2.41. The molecular weight excluding hydrogens is 458 g/mol. The molecule has 184 valence electrons. The Morgan fingerprint density at radius 2 is 1.89 bits per heavy atom. The second kappa shape index (κ2) is 11.2. The molecule has 0 saturated carbocycles. The van der Waals surface area contributed by atoms with Crippen LogP contribution in [0.1, 0.15) is 36.8 Å². The van der Waals surface area contributed by atoms with Gasteiger partial charge in [-0.15, -0.1) is 0 Å². The summed E-state index contributed by atoms with van der Waals surface area (Å²) in [6.45, 7) is 8.23. The van der Waals surface area contributed by atoms with Crippen molar-refractivity contribution in [3.8, 4) is 11.4 Å². The van der Waals surface area contributed by atoms with E-state index in [9.17, 15) is 0 Å². The molecule has 2 aliphatic heterocycles. The van der Waals surface area contributed by atoms with Crippen LogP contribution in [-0.2, 0) is 4.74 Å². The molecule has 8 heteroatoms. The van der Waals surface area contributed by atoms with Crippen molar-refractivity contribution in [3.63, 3.8) is 0 Å². The van der Waals surface area contributed by atoms with Gasteiger partial charge in [-0.1, -0.05) is 6.07 Å². The first kappa shape index (κ1) is 23.8. The first-order chi connectivity index (χ1) is 17.2. The molecular formula is C27H33N5O2S. The Labute approximate surface area is 212 Å². The molecule has 2 saturated heterocycles. The van der Waals surface area contributed by atoms with Crippen molar-refractivity contribution in [1.29, 1.82) is 0 Å². The molecule has 35 heavy (non-hydrogen) atoms. The summed E-state index contributed by atoms with van der Waals surface area (Å²) in [6, 6.07) is 18.6. The Morgan fingerprint density at radius 1 is 1.06 bits per heavy atom. The fourth-order valence-corrected chi connectivity index (χ4v) is 5.33. The number of pyridine rings is 1. The van der Waals surface area contributed by atoms with Crippen LogP contribution in [0.2, 0.25) is 0 Å². The van der Waals surface area contributed by atoms with Crippen LogP contribution in [-0.4, -0.2) is 70.5 Å². The van der Waals surface area contributed by atoms with E-state index < -0.39 is 0 Å². The van der Waals surface area contributed by atoms with Crippen molar-refractivity contribution in [3.05, 3.63) is 78.4 Å². The zero-order valence-electron chi connectivity index (χ0n) is 20.2. The fourth-order valence-electron chi connectivity index (χ4n) is 5.00. The number of nitrogens with one attached hydrogen (secondary N) is 1. The summed E-state index contributed by atoms with van der Waals surface area (Å²) < 4.78 is 13.4. The van der Waals surface area contributed by atoms with E-state index in [-0.39, 0.29) is 12.1 Å². The molecule has 1 N–H and O–H groups in total. The number of aromatic nitrogens is 2.